The number of hydrogen-bond acceptors (Lipinski definition) is 6. The van der Waals surface area contributed by atoms with E-state index in [2.05, 4.69) is 4.99 Å². The second kappa shape index (κ2) is 15.1. The Labute approximate surface area is 248 Å². The molecule has 2 aromatic carbocycles. The third-order valence-corrected chi connectivity index (χ3v) is 6.89. The van der Waals surface area contributed by atoms with Crippen LogP contribution in [0.15, 0.2) is 46.2 Å². The van der Waals surface area contributed by atoms with Gasteiger partial charge in [0.15, 0.2) is 12.4 Å². The molecule has 1 aromatic heterocycles. The molecule has 3 aromatic rings. The predicted molar refractivity (Wildman–Crippen MR) is 171 cm³/mol. The number of aldehydes is 1. The lowest BCUT2D eigenvalue weighted by Gasteiger charge is -2.29. The van der Waals surface area contributed by atoms with E-state index in [0.717, 1.165) is 42.9 Å². The van der Waals surface area contributed by atoms with Crippen molar-refractivity contribution in [3.05, 3.63) is 68.6 Å². The molecule has 7 nitrogen and oxygen atoms in total. The van der Waals surface area contributed by atoms with Gasteiger partial charge in [0.1, 0.15) is 5.75 Å². The number of carbonyl (C=O) groups is 1. The molecule has 0 fully saturated rings. The summed E-state index contributed by atoms with van der Waals surface area (Å²) >= 11 is 6.98. The van der Waals surface area contributed by atoms with Crippen LogP contribution in [0.5, 0.6) is 5.75 Å². The molecule has 0 unspecified atom stereocenters. The zero-order valence-electron chi connectivity index (χ0n) is 25.7. The molecule has 1 N–H and O–H groups in total. The Hall–Kier alpha value is -3.26. The Morgan fingerprint density at radius 3 is 2.44 bits per heavy atom. The molecule has 1 aliphatic rings. The summed E-state index contributed by atoms with van der Waals surface area (Å²) in [5.74, 6) is 0.657. The van der Waals surface area contributed by atoms with Crippen LogP contribution in [-0.2, 0) is 23.0 Å². The van der Waals surface area contributed by atoms with Crippen molar-refractivity contribution in [3.8, 4) is 16.9 Å². The highest BCUT2D eigenvalue weighted by atomic mass is 35.5. The molecular weight excluding hydrogens is 540 g/mol. The van der Waals surface area contributed by atoms with Gasteiger partial charge < -0.3 is 23.9 Å². The normalized spacial score (nSPS) is 13.9. The van der Waals surface area contributed by atoms with Gasteiger partial charge in [0.25, 0.3) is 5.56 Å². The third-order valence-electron chi connectivity index (χ3n) is 6.51. The highest BCUT2D eigenvalue weighted by Crippen LogP contribution is 2.45. The van der Waals surface area contributed by atoms with E-state index >= 15 is 0 Å². The minimum Gasteiger partial charge on any atom is -0.492 e. The number of rotatable bonds is 6. The molecule has 8 heteroatoms. The number of aliphatic imine (C=N–C) groups is 1. The average molecular weight is 583 g/mol. The minimum atomic E-state index is -0.983. The van der Waals surface area contributed by atoms with Crippen LogP contribution in [0.2, 0.25) is 5.02 Å². The van der Waals surface area contributed by atoms with Gasteiger partial charge in [-0.05, 0) is 68.7 Å². The van der Waals surface area contributed by atoms with Crippen LogP contribution < -0.4 is 10.3 Å². The van der Waals surface area contributed by atoms with E-state index in [1.165, 1.54) is 4.57 Å². The van der Waals surface area contributed by atoms with Gasteiger partial charge in [-0.15, -0.1) is 0 Å². The number of hydrogen-bond donors (Lipinski definition) is 1. The second-order valence-electron chi connectivity index (χ2n) is 10.2. The fourth-order valence-electron chi connectivity index (χ4n) is 4.89. The fraction of sp³-hybridized carbons (Fsp3) is 0.424. The first-order chi connectivity index (χ1) is 19.6. The third kappa shape index (κ3) is 7.34. The summed E-state index contributed by atoms with van der Waals surface area (Å²) in [4.78, 5) is 30.3. The maximum atomic E-state index is 13.7. The number of halogens is 1. The Kier molecular flexibility index (Phi) is 12.5. The van der Waals surface area contributed by atoms with Crippen LogP contribution in [0.4, 0.5) is 0 Å². The average Bonchev–Trinajstić information content (AvgIpc) is 2.98. The van der Waals surface area contributed by atoms with Crippen LogP contribution in [-0.4, -0.2) is 48.5 Å². The fourth-order valence-corrected chi connectivity index (χ4v) is 5.23. The molecular formula is C33H43ClN2O5. The molecule has 0 amide bonds. The predicted octanol–water partition coefficient (Wildman–Crippen LogP) is 6.98. The lowest BCUT2D eigenvalue weighted by atomic mass is 9.91. The van der Waals surface area contributed by atoms with Crippen molar-refractivity contribution in [3.63, 3.8) is 0 Å². The SMILES string of the molecule is C/C=C(\C=NC)c1ccc2c(-c3ccc4c(c3Cl)OCCC4)c([C@H](C=O)OC(C)(C)C)n(C)c(=O)c2c1.CC.CO. The maximum absolute atomic E-state index is 13.7. The van der Waals surface area contributed by atoms with Crippen molar-refractivity contribution in [2.75, 3.05) is 20.8 Å². The molecule has 1 aliphatic heterocycles. The minimum absolute atomic E-state index is 0.228. The smallest absolute Gasteiger partial charge is 0.258 e. The van der Waals surface area contributed by atoms with Gasteiger partial charge in [-0.2, -0.15) is 0 Å². The first kappa shape index (κ1) is 33.9. The van der Waals surface area contributed by atoms with Gasteiger partial charge in [0.05, 0.1) is 22.9 Å². The molecule has 0 saturated carbocycles. The summed E-state index contributed by atoms with van der Waals surface area (Å²) in [6, 6.07) is 9.70. The number of aliphatic hydroxyl groups is 1. The topological polar surface area (TPSA) is 90.1 Å². The number of fused-ring (bicyclic) bond motifs is 2. The van der Waals surface area contributed by atoms with Gasteiger partial charge >= 0.3 is 0 Å². The molecule has 4 rings (SSSR count). The van der Waals surface area contributed by atoms with Gasteiger partial charge in [0, 0.05) is 43.9 Å². The Bertz CT molecular complexity index is 1480. The van der Waals surface area contributed by atoms with Crippen molar-refractivity contribution in [2.45, 2.75) is 66.1 Å². The van der Waals surface area contributed by atoms with E-state index in [1.807, 2.05) is 78.0 Å². The summed E-state index contributed by atoms with van der Waals surface area (Å²) < 4.78 is 13.6. The van der Waals surface area contributed by atoms with Crippen LogP contribution >= 0.6 is 11.6 Å². The molecule has 0 aliphatic carbocycles. The van der Waals surface area contributed by atoms with E-state index in [-0.39, 0.29) is 5.56 Å². The van der Waals surface area contributed by atoms with Crippen LogP contribution in [0, 0.1) is 0 Å². The molecule has 1 atom stereocenters. The lowest BCUT2D eigenvalue weighted by Crippen LogP contribution is -2.30. The molecule has 0 spiro atoms. The molecule has 0 saturated heterocycles. The highest BCUT2D eigenvalue weighted by molar-refractivity contribution is 6.35. The maximum Gasteiger partial charge on any atom is 0.258 e. The zero-order chi connectivity index (χ0) is 30.9. The van der Waals surface area contributed by atoms with Crippen molar-refractivity contribution >= 4 is 40.4 Å². The number of carbonyl (C=O) groups excluding carboxylic acids is 1. The number of pyridine rings is 1. The Balaban J connectivity index is 0.00000141. The van der Waals surface area contributed by atoms with E-state index in [9.17, 15) is 9.59 Å². The van der Waals surface area contributed by atoms with Gasteiger partial charge in [-0.1, -0.05) is 55.8 Å². The van der Waals surface area contributed by atoms with Gasteiger partial charge in [0.2, 0.25) is 0 Å². The number of aromatic nitrogens is 1. The summed E-state index contributed by atoms with van der Waals surface area (Å²) in [7, 11) is 4.38. The molecule has 2 heterocycles. The molecule has 222 valence electrons. The zero-order valence-corrected chi connectivity index (χ0v) is 26.4. The van der Waals surface area contributed by atoms with Gasteiger partial charge in [-0.25, -0.2) is 0 Å². The standard InChI is InChI=1S/C30H33ClN2O4.C2H6.CH4O/c1-7-18(16-32-5)20-11-12-21-23(15-20)29(35)33(6)27(24(17-34)37-30(2,3)4)25(21)22-13-10-19-9-8-14-36-28(19)26(22)31;2*1-2/h7,10-13,15-17,24H,8-9,14H2,1-6H3;1-2H3;2H,1H3/b18-7+,32-16?;;/t24-;;/m0../s1. The van der Waals surface area contributed by atoms with Crippen molar-refractivity contribution in [1.29, 1.82) is 0 Å². The van der Waals surface area contributed by atoms with Crippen LogP contribution in [0.25, 0.3) is 27.5 Å². The first-order valence-electron chi connectivity index (χ1n) is 13.9. The van der Waals surface area contributed by atoms with Crippen molar-refractivity contribution in [2.24, 2.45) is 12.0 Å². The first-order valence-corrected chi connectivity index (χ1v) is 14.3. The number of allylic oxidation sites excluding steroid dienone is 2. The number of aryl methyl sites for hydroxylation is 1. The summed E-state index contributed by atoms with van der Waals surface area (Å²) in [5.41, 5.74) is 3.79. The van der Waals surface area contributed by atoms with Crippen LogP contribution in [0.1, 0.15) is 70.9 Å². The van der Waals surface area contributed by atoms with E-state index in [0.29, 0.717) is 45.0 Å². The molecule has 41 heavy (non-hydrogen) atoms. The van der Waals surface area contributed by atoms with Crippen molar-refractivity contribution < 1.29 is 19.4 Å². The largest absolute Gasteiger partial charge is 0.492 e. The van der Waals surface area contributed by atoms with Gasteiger partial charge in [-0.3, -0.25) is 9.79 Å². The van der Waals surface area contributed by atoms with Crippen LogP contribution in [0.3, 0.4) is 0 Å². The Morgan fingerprint density at radius 2 is 1.85 bits per heavy atom. The number of ether oxygens (including phenoxy) is 2. The molecule has 0 bridgehead atoms. The van der Waals surface area contributed by atoms with E-state index < -0.39 is 11.7 Å². The number of benzene rings is 2. The lowest BCUT2D eigenvalue weighted by molar-refractivity contribution is -0.129. The second-order valence-corrected chi connectivity index (χ2v) is 10.5. The summed E-state index contributed by atoms with van der Waals surface area (Å²) in [6.07, 6.45) is 5.28. The van der Waals surface area contributed by atoms with Crippen molar-refractivity contribution in [1.82, 2.24) is 4.57 Å². The van der Waals surface area contributed by atoms with E-state index in [1.54, 1.807) is 20.3 Å². The quantitative estimate of drug-likeness (QED) is 0.250. The monoisotopic (exact) mass is 582 g/mol. The number of nitrogens with zero attached hydrogens (tertiary/aromatic N) is 2. The number of aliphatic hydroxyl groups excluding tert-OH is 1. The summed E-state index contributed by atoms with van der Waals surface area (Å²) in [5, 5.41) is 8.67. The molecule has 0 radical (unpaired) electrons. The Morgan fingerprint density at radius 1 is 1.17 bits per heavy atom. The highest BCUT2D eigenvalue weighted by Gasteiger charge is 2.30. The summed E-state index contributed by atoms with van der Waals surface area (Å²) in [6.45, 7) is 12.2. The van der Waals surface area contributed by atoms with E-state index in [4.69, 9.17) is 26.2 Å².